The zero-order valence-electron chi connectivity index (χ0n) is 19.1. The molecule has 2 N–H and O–H groups in total. The Morgan fingerprint density at radius 3 is 2.58 bits per heavy atom. The number of imide groups is 2. The minimum atomic E-state index is -1.04. The van der Waals surface area contributed by atoms with E-state index in [9.17, 15) is 19.2 Å². The minimum Gasteiger partial charge on any atom is -0.377 e. The summed E-state index contributed by atoms with van der Waals surface area (Å²) in [5, 5.41) is 14.4. The summed E-state index contributed by atoms with van der Waals surface area (Å²) in [6.45, 7) is 1.54. The van der Waals surface area contributed by atoms with E-state index in [1.165, 1.54) is 4.68 Å². The summed E-state index contributed by atoms with van der Waals surface area (Å²) in [7, 11) is 0. The van der Waals surface area contributed by atoms with Gasteiger partial charge in [-0.15, -0.1) is 5.10 Å². The molecule has 0 radical (unpaired) electrons. The fourth-order valence-corrected chi connectivity index (χ4v) is 5.10. The first kappa shape index (κ1) is 22.3. The van der Waals surface area contributed by atoms with Crippen molar-refractivity contribution in [1.29, 1.82) is 0 Å². The molecule has 2 atom stereocenters. The van der Waals surface area contributed by atoms with Crippen LogP contribution in [-0.4, -0.2) is 69.3 Å². The highest BCUT2D eigenvalue weighted by atomic mass is 16.5. The van der Waals surface area contributed by atoms with Gasteiger partial charge in [0.25, 0.3) is 11.8 Å². The third-order valence-corrected chi connectivity index (χ3v) is 6.88. The molecule has 4 amide bonds. The van der Waals surface area contributed by atoms with Gasteiger partial charge < -0.3 is 4.74 Å². The maximum absolute atomic E-state index is 13.5. The molecular formula is C25H22N6O5. The summed E-state index contributed by atoms with van der Waals surface area (Å²) < 4.78 is 7.27. The first-order valence-corrected chi connectivity index (χ1v) is 11.7. The second-order valence-electron chi connectivity index (χ2n) is 8.95. The van der Waals surface area contributed by atoms with E-state index < -0.39 is 35.2 Å². The number of amides is 4. The van der Waals surface area contributed by atoms with Crippen LogP contribution in [0.15, 0.2) is 54.7 Å². The molecule has 0 saturated carbocycles. The standard InChI is InChI=1S/C25H22N6O5/c32-20-10-9-18(22(33)27-20)31-23(34)16-7-4-8-17(21(16)24(31)35)30-13-19(28-29-30)25(14-36-12-11-26-25)15-5-2-1-3-6-15/h1-8,13,18,26H,9-12,14H2,(H,27,32,33). The molecule has 0 bridgehead atoms. The van der Waals surface area contributed by atoms with Gasteiger partial charge in [0.05, 0.1) is 36.2 Å². The Kier molecular flexibility index (Phi) is 5.23. The van der Waals surface area contributed by atoms with Crippen LogP contribution in [0, 0.1) is 0 Å². The van der Waals surface area contributed by atoms with Crippen molar-refractivity contribution in [2.24, 2.45) is 0 Å². The zero-order valence-corrected chi connectivity index (χ0v) is 19.1. The van der Waals surface area contributed by atoms with Crippen LogP contribution in [0.5, 0.6) is 0 Å². The lowest BCUT2D eigenvalue weighted by Crippen LogP contribution is -2.54. The zero-order chi connectivity index (χ0) is 24.9. The molecule has 182 valence electrons. The fraction of sp³-hybridized carbons (Fsp3) is 0.280. The van der Waals surface area contributed by atoms with Crippen molar-refractivity contribution in [3.63, 3.8) is 0 Å². The molecule has 1 aromatic heterocycles. The molecule has 3 aliphatic rings. The number of nitrogens with zero attached hydrogens (tertiary/aromatic N) is 4. The smallest absolute Gasteiger partial charge is 0.264 e. The number of carbonyl (C=O) groups is 4. The third-order valence-electron chi connectivity index (χ3n) is 6.88. The molecule has 2 fully saturated rings. The second kappa shape index (κ2) is 8.47. The van der Waals surface area contributed by atoms with Gasteiger partial charge in [-0.1, -0.05) is 41.6 Å². The number of hydrogen-bond acceptors (Lipinski definition) is 8. The molecule has 6 rings (SSSR count). The third kappa shape index (κ3) is 3.35. The van der Waals surface area contributed by atoms with E-state index in [2.05, 4.69) is 20.9 Å². The van der Waals surface area contributed by atoms with Crippen LogP contribution in [0.2, 0.25) is 0 Å². The van der Waals surface area contributed by atoms with Crippen LogP contribution >= 0.6 is 0 Å². The number of nitrogens with one attached hydrogen (secondary N) is 2. The lowest BCUT2D eigenvalue weighted by molar-refractivity contribution is -0.136. The predicted molar refractivity (Wildman–Crippen MR) is 124 cm³/mol. The van der Waals surface area contributed by atoms with Crippen molar-refractivity contribution in [1.82, 2.24) is 30.5 Å². The number of benzene rings is 2. The van der Waals surface area contributed by atoms with Gasteiger partial charge in [0, 0.05) is 13.0 Å². The fourth-order valence-electron chi connectivity index (χ4n) is 5.10. The van der Waals surface area contributed by atoms with Crippen molar-refractivity contribution < 1.29 is 23.9 Å². The Labute approximate surface area is 205 Å². The van der Waals surface area contributed by atoms with Crippen LogP contribution < -0.4 is 10.6 Å². The van der Waals surface area contributed by atoms with E-state index in [4.69, 9.17) is 4.74 Å². The van der Waals surface area contributed by atoms with Crippen LogP contribution in [0.1, 0.15) is 44.8 Å². The number of aromatic nitrogens is 3. The number of piperidine rings is 1. The normalized spacial score (nSPS) is 24.1. The van der Waals surface area contributed by atoms with Crippen molar-refractivity contribution >= 4 is 23.6 Å². The molecule has 2 saturated heterocycles. The lowest BCUT2D eigenvalue weighted by atomic mass is 9.87. The van der Waals surface area contributed by atoms with Gasteiger partial charge in [-0.05, 0) is 24.1 Å². The van der Waals surface area contributed by atoms with E-state index in [0.717, 1.165) is 10.5 Å². The highest BCUT2D eigenvalue weighted by Gasteiger charge is 2.46. The van der Waals surface area contributed by atoms with Gasteiger partial charge in [0.2, 0.25) is 11.8 Å². The Morgan fingerprint density at radius 1 is 1.00 bits per heavy atom. The van der Waals surface area contributed by atoms with E-state index in [0.29, 0.717) is 31.1 Å². The molecule has 2 unspecified atom stereocenters. The molecule has 4 heterocycles. The van der Waals surface area contributed by atoms with Gasteiger partial charge in [0.15, 0.2) is 0 Å². The summed E-state index contributed by atoms with van der Waals surface area (Å²) in [5.74, 6) is -2.25. The van der Waals surface area contributed by atoms with E-state index in [-0.39, 0.29) is 24.0 Å². The molecule has 3 aliphatic heterocycles. The molecule has 11 nitrogen and oxygen atoms in total. The van der Waals surface area contributed by atoms with Gasteiger partial charge >= 0.3 is 0 Å². The molecule has 0 spiro atoms. The Morgan fingerprint density at radius 2 is 1.83 bits per heavy atom. The quantitative estimate of drug-likeness (QED) is 0.510. The van der Waals surface area contributed by atoms with Crippen molar-refractivity contribution in [3.05, 3.63) is 77.1 Å². The average Bonchev–Trinajstić information content (AvgIpc) is 3.50. The average molecular weight is 486 g/mol. The van der Waals surface area contributed by atoms with Crippen molar-refractivity contribution in [2.45, 2.75) is 24.4 Å². The van der Waals surface area contributed by atoms with Crippen LogP contribution in [-0.2, 0) is 19.9 Å². The highest BCUT2D eigenvalue weighted by Crippen LogP contribution is 2.34. The van der Waals surface area contributed by atoms with Crippen LogP contribution in [0.3, 0.4) is 0 Å². The van der Waals surface area contributed by atoms with E-state index in [1.807, 2.05) is 30.3 Å². The Bertz CT molecular complexity index is 1390. The van der Waals surface area contributed by atoms with Gasteiger partial charge in [-0.3, -0.25) is 34.7 Å². The molecule has 11 heteroatoms. The Balaban J connectivity index is 1.39. The topological polar surface area (TPSA) is 136 Å². The second-order valence-corrected chi connectivity index (χ2v) is 8.95. The highest BCUT2D eigenvalue weighted by molar-refractivity contribution is 6.24. The predicted octanol–water partition coefficient (Wildman–Crippen LogP) is 0.532. The van der Waals surface area contributed by atoms with Crippen molar-refractivity contribution in [3.8, 4) is 5.69 Å². The Hall–Kier alpha value is -4.22. The number of fused-ring (bicyclic) bond motifs is 1. The largest absolute Gasteiger partial charge is 0.377 e. The molecule has 3 aromatic rings. The molecule has 2 aromatic carbocycles. The van der Waals surface area contributed by atoms with Crippen LogP contribution in [0.25, 0.3) is 5.69 Å². The van der Waals surface area contributed by atoms with E-state index in [1.54, 1.807) is 24.4 Å². The monoisotopic (exact) mass is 486 g/mol. The van der Waals surface area contributed by atoms with Crippen molar-refractivity contribution in [2.75, 3.05) is 19.8 Å². The molecule has 0 aliphatic carbocycles. The van der Waals surface area contributed by atoms with Crippen LogP contribution in [0.4, 0.5) is 0 Å². The summed E-state index contributed by atoms with van der Waals surface area (Å²) in [6.07, 6.45) is 1.86. The molecule has 36 heavy (non-hydrogen) atoms. The number of morpholine rings is 1. The minimum absolute atomic E-state index is 0.0553. The summed E-state index contributed by atoms with van der Waals surface area (Å²) >= 11 is 0. The number of hydrogen-bond donors (Lipinski definition) is 2. The van der Waals surface area contributed by atoms with Gasteiger partial charge in [-0.25, -0.2) is 4.68 Å². The maximum Gasteiger partial charge on any atom is 0.264 e. The summed E-state index contributed by atoms with van der Waals surface area (Å²) in [4.78, 5) is 51.6. The summed E-state index contributed by atoms with van der Waals surface area (Å²) in [6, 6.07) is 13.6. The first-order valence-electron chi connectivity index (χ1n) is 11.7. The van der Waals surface area contributed by atoms with E-state index >= 15 is 0 Å². The lowest BCUT2D eigenvalue weighted by Gasteiger charge is -2.37. The summed E-state index contributed by atoms with van der Waals surface area (Å²) in [5.41, 5.74) is 1.53. The van der Waals surface area contributed by atoms with Gasteiger partial charge in [0.1, 0.15) is 17.3 Å². The number of ether oxygens (including phenoxy) is 1. The SMILES string of the molecule is O=C1CCC(N2C(=O)c3cccc(-n4cc(C5(c6ccccc6)COCCN5)nn4)c3C2=O)C(=O)N1. The number of carbonyl (C=O) groups excluding carboxylic acids is 4. The maximum atomic E-state index is 13.5. The number of rotatable bonds is 4. The first-order chi connectivity index (χ1) is 17.5. The van der Waals surface area contributed by atoms with Gasteiger partial charge in [-0.2, -0.15) is 0 Å². The molecular weight excluding hydrogens is 464 g/mol.